The summed E-state index contributed by atoms with van der Waals surface area (Å²) < 4.78 is 0. The maximum Gasteiger partial charge on any atom is 0.248 e. The molecule has 0 saturated heterocycles. The average molecular weight is 277 g/mol. The molecule has 1 atom stereocenters. The maximum atomic E-state index is 12.0. The van der Waals surface area contributed by atoms with Crippen molar-refractivity contribution < 1.29 is 9.59 Å². The summed E-state index contributed by atoms with van der Waals surface area (Å²) in [5, 5.41) is 2.77. The second-order valence-electron chi connectivity index (χ2n) is 5.43. The number of benzene rings is 1. The lowest BCUT2D eigenvalue weighted by Gasteiger charge is -2.16. The molecule has 1 unspecified atom stereocenters. The molecule has 1 rings (SSSR count). The van der Waals surface area contributed by atoms with Crippen molar-refractivity contribution in [2.75, 3.05) is 11.9 Å². The smallest absolute Gasteiger partial charge is 0.248 e. The monoisotopic (exact) mass is 277 g/mol. The zero-order valence-corrected chi connectivity index (χ0v) is 12.1. The van der Waals surface area contributed by atoms with Gasteiger partial charge in [0.15, 0.2) is 0 Å². The van der Waals surface area contributed by atoms with Crippen LogP contribution >= 0.6 is 0 Å². The number of amides is 2. The number of hydrogen-bond donors (Lipinski definition) is 3. The molecule has 0 aromatic heterocycles. The van der Waals surface area contributed by atoms with Crippen molar-refractivity contribution >= 4 is 17.5 Å². The highest BCUT2D eigenvalue weighted by atomic mass is 16.2. The Kier molecular flexibility index (Phi) is 6.18. The Labute approximate surface area is 119 Å². The molecule has 2 amide bonds. The Bertz CT molecular complexity index is 472. The number of nitrogens with one attached hydrogen (secondary N) is 1. The van der Waals surface area contributed by atoms with E-state index in [1.54, 1.807) is 24.3 Å². The van der Waals surface area contributed by atoms with Gasteiger partial charge >= 0.3 is 0 Å². The van der Waals surface area contributed by atoms with Crippen molar-refractivity contribution in [3.05, 3.63) is 29.8 Å². The van der Waals surface area contributed by atoms with Crippen LogP contribution in [0.15, 0.2) is 24.3 Å². The van der Waals surface area contributed by atoms with E-state index in [9.17, 15) is 9.59 Å². The summed E-state index contributed by atoms with van der Waals surface area (Å²) in [6.07, 6.45) is 1.31. The molecule has 0 aliphatic heterocycles. The molecule has 0 fully saturated rings. The topological polar surface area (TPSA) is 98.2 Å². The van der Waals surface area contributed by atoms with Crippen molar-refractivity contribution in [1.82, 2.24) is 0 Å². The molecule has 5 heteroatoms. The van der Waals surface area contributed by atoms with E-state index >= 15 is 0 Å². The summed E-state index contributed by atoms with van der Waals surface area (Å²) in [5.74, 6) is 0.0762. The number of rotatable bonds is 7. The second kappa shape index (κ2) is 7.65. The molecule has 0 bridgehead atoms. The van der Waals surface area contributed by atoms with E-state index < -0.39 is 5.91 Å². The number of hydrogen-bond acceptors (Lipinski definition) is 3. The van der Waals surface area contributed by atoms with Crippen LogP contribution in [-0.2, 0) is 4.79 Å². The van der Waals surface area contributed by atoms with Gasteiger partial charge in [0, 0.05) is 17.7 Å². The molecule has 20 heavy (non-hydrogen) atoms. The third-order valence-corrected chi connectivity index (χ3v) is 3.04. The summed E-state index contributed by atoms with van der Waals surface area (Å²) in [7, 11) is 0. The minimum absolute atomic E-state index is 0.0947. The van der Waals surface area contributed by atoms with Crippen LogP contribution in [0.5, 0.6) is 0 Å². The van der Waals surface area contributed by atoms with Gasteiger partial charge in [0.25, 0.3) is 0 Å². The van der Waals surface area contributed by atoms with Crippen molar-refractivity contribution in [2.45, 2.75) is 26.7 Å². The molecule has 1 aromatic rings. The Balaban J connectivity index is 2.61. The van der Waals surface area contributed by atoms with Gasteiger partial charge in [0.05, 0.1) is 0 Å². The fourth-order valence-electron chi connectivity index (χ4n) is 2.15. The highest BCUT2D eigenvalue weighted by Gasteiger charge is 2.14. The molecule has 5 nitrogen and oxygen atoms in total. The average Bonchev–Trinajstić information content (AvgIpc) is 2.37. The predicted molar refractivity (Wildman–Crippen MR) is 80.2 cm³/mol. The van der Waals surface area contributed by atoms with E-state index in [1.807, 2.05) is 0 Å². The van der Waals surface area contributed by atoms with Crippen LogP contribution < -0.4 is 16.8 Å². The maximum absolute atomic E-state index is 12.0. The first-order chi connectivity index (χ1) is 9.42. The van der Waals surface area contributed by atoms with Crippen molar-refractivity contribution in [3.8, 4) is 0 Å². The summed E-state index contributed by atoms with van der Waals surface area (Å²) in [6.45, 7) is 4.71. The molecule has 5 N–H and O–H groups in total. The van der Waals surface area contributed by atoms with Crippen molar-refractivity contribution in [3.63, 3.8) is 0 Å². The minimum atomic E-state index is -0.513. The molecular weight excluding hydrogens is 254 g/mol. The van der Waals surface area contributed by atoms with E-state index in [-0.39, 0.29) is 11.8 Å². The molecule has 110 valence electrons. The van der Waals surface area contributed by atoms with Gasteiger partial charge in [-0.25, -0.2) is 0 Å². The van der Waals surface area contributed by atoms with Gasteiger partial charge in [0.1, 0.15) is 0 Å². The zero-order chi connectivity index (χ0) is 15.1. The van der Waals surface area contributed by atoms with E-state index in [4.69, 9.17) is 11.5 Å². The van der Waals surface area contributed by atoms with Crippen LogP contribution in [-0.4, -0.2) is 18.4 Å². The Morgan fingerprint density at radius 1 is 1.30 bits per heavy atom. The fourth-order valence-corrected chi connectivity index (χ4v) is 2.15. The molecule has 0 saturated carbocycles. The number of anilines is 1. The highest BCUT2D eigenvalue weighted by Crippen LogP contribution is 2.16. The van der Waals surface area contributed by atoms with Crippen LogP contribution in [0.1, 0.15) is 37.0 Å². The fraction of sp³-hybridized carbons (Fsp3) is 0.467. The number of primary amides is 1. The largest absolute Gasteiger partial charge is 0.366 e. The van der Waals surface area contributed by atoms with E-state index in [0.29, 0.717) is 30.1 Å². The summed E-state index contributed by atoms with van der Waals surface area (Å²) in [4.78, 5) is 23.0. The van der Waals surface area contributed by atoms with Gasteiger partial charge in [-0.3, -0.25) is 9.59 Å². The first kappa shape index (κ1) is 16.2. The first-order valence-electron chi connectivity index (χ1n) is 6.82. The van der Waals surface area contributed by atoms with Gasteiger partial charge in [-0.05, 0) is 43.0 Å². The normalized spacial score (nSPS) is 12.2. The standard InChI is InChI=1S/C15H23N3O2/c1-10(2)6-11(9-16)7-14(19)18-13-5-3-4-12(8-13)15(17)20/h3-5,8,10-11H,6-7,9,16H2,1-2H3,(H2,17,20)(H,18,19). The summed E-state index contributed by atoms with van der Waals surface area (Å²) in [5.41, 5.74) is 11.8. The Morgan fingerprint density at radius 3 is 2.55 bits per heavy atom. The van der Waals surface area contributed by atoms with Crippen LogP contribution in [0.25, 0.3) is 0 Å². The van der Waals surface area contributed by atoms with Gasteiger partial charge < -0.3 is 16.8 Å². The quantitative estimate of drug-likeness (QED) is 0.708. The second-order valence-corrected chi connectivity index (χ2v) is 5.43. The first-order valence-corrected chi connectivity index (χ1v) is 6.82. The SMILES string of the molecule is CC(C)CC(CN)CC(=O)Nc1cccc(C(N)=O)c1. The van der Waals surface area contributed by atoms with Crippen LogP contribution in [0.4, 0.5) is 5.69 Å². The molecule has 0 spiro atoms. The zero-order valence-electron chi connectivity index (χ0n) is 12.1. The lowest BCUT2D eigenvalue weighted by Crippen LogP contribution is -2.23. The van der Waals surface area contributed by atoms with Crippen molar-refractivity contribution in [1.29, 1.82) is 0 Å². The van der Waals surface area contributed by atoms with Gasteiger partial charge in [-0.1, -0.05) is 19.9 Å². The van der Waals surface area contributed by atoms with Crippen LogP contribution in [0, 0.1) is 11.8 Å². The van der Waals surface area contributed by atoms with Gasteiger partial charge in [-0.2, -0.15) is 0 Å². The molecule has 0 aliphatic carbocycles. The lowest BCUT2D eigenvalue weighted by atomic mass is 9.94. The van der Waals surface area contributed by atoms with E-state index in [0.717, 1.165) is 6.42 Å². The number of carbonyl (C=O) groups is 2. The number of nitrogens with two attached hydrogens (primary N) is 2. The van der Waals surface area contributed by atoms with Crippen LogP contribution in [0.2, 0.25) is 0 Å². The predicted octanol–water partition coefficient (Wildman–Crippen LogP) is 1.74. The summed E-state index contributed by atoms with van der Waals surface area (Å²) >= 11 is 0. The van der Waals surface area contributed by atoms with E-state index in [2.05, 4.69) is 19.2 Å². The van der Waals surface area contributed by atoms with Crippen LogP contribution in [0.3, 0.4) is 0 Å². The third-order valence-electron chi connectivity index (χ3n) is 3.04. The van der Waals surface area contributed by atoms with Gasteiger partial charge in [0.2, 0.25) is 11.8 Å². The molecule has 0 heterocycles. The molecular formula is C15H23N3O2. The molecule has 1 aromatic carbocycles. The number of carbonyl (C=O) groups excluding carboxylic acids is 2. The molecule has 0 aliphatic rings. The minimum Gasteiger partial charge on any atom is -0.366 e. The molecule has 0 radical (unpaired) electrons. The third kappa shape index (κ3) is 5.40. The summed E-state index contributed by atoms with van der Waals surface area (Å²) in [6, 6.07) is 6.59. The Morgan fingerprint density at radius 2 is 2.00 bits per heavy atom. The van der Waals surface area contributed by atoms with Gasteiger partial charge in [-0.15, -0.1) is 0 Å². The lowest BCUT2D eigenvalue weighted by molar-refractivity contribution is -0.117. The van der Waals surface area contributed by atoms with Crippen molar-refractivity contribution in [2.24, 2.45) is 23.3 Å². The Hall–Kier alpha value is -1.88. The van der Waals surface area contributed by atoms with E-state index in [1.165, 1.54) is 0 Å². The highest BCUT2D eigenvalue weighted by molar-refractivity contribution is 5.96.